The second-order valence-corrected chi connectivity index (χ2v) is 5.10. The highest BCUT2D eigenvalue weighted by Gasteiger charge is 2.01. The van der Waals surface area contributed by atoms with E-state index in [1.165, 1.54) is 0 Å². The first-order chi connectivity index (χ1) is 9.78. The Balaban J connectivity index is 1.72. The predicted molar refractivity (Wildman–Crippen MR) is 84.2 cm³/mol. The molecule has 20 heavy (non-hydrogen) atoms. The van der Waals surface area contributed by atoms with E-state index in [0.29, 0.717) is 6.61 Å². The lowest BCUT2D eigenvalue weighted by Gasteiger charge is -2.08. The molecule has 1 heterocycles. The maximum absolute atomic E-state index is 5.63. The summed E-state index contributed by atoms with van der Waals surface area (Å²) in [5, 5.41) is 3.29. The van der Waals surface area contributed by atoms with Gasteiger partial charge in [-0.25, -0.2) is 9.97 Å². The molecule has 2 rings (SSSR count). The fraction of sp³-hybridized carbons (Fsp3) is 0.333. The molecule has 106 valence electrons. The van der Waals surface area contributed by atoms with Crippen LogP contribution in [0.2, 0.25) is 0 Å². The lowest BCUT2D eigenvalue weighted by molar-refractivity contribution is 0.315. The average molecular weight is 336 g/mol. The fourth-order valence-corrected chi connectivity index (χ4v) is 2.13. The van der Waals surface area contributed by atoms with E-state index in [1.807, 2.05) is 43.3 Å². The highest BCUT2D eigenvalue weighted by molar-refractivity contribution is 9.10. The van der Waals surface area contributed by atoms with Crippen LogP contribution in [0, 0.1) is 0 Å². The number of ether oxygens (including phenoxy) is 1. The largest absolute Gasteiger partial charge is 0.494 e. The summed E-state index contributed by atoms with van der Waals surface area (Å²) in [5.41, 5.74) is 0. The van der Waals surface area contributed by atoms with Gasteiger partial charge >= 0.3 is 0 Å². The van der Waals surface area contributed by atoms with Crippen LogP contribution in [0.3, 0.4) is 0 Å². The molecule has 4 nitrogen and oxygen atoms in total. The first-order valence-electron chi connectivity index (χ1n) is 6.73. The highest BCUT2D eigenvalue weighted by Crippen LogP contribution is 2.13. The molecule has 0 saturated heterocycles. The van der Waals surface area contributed by atoms with Crippen molar-refractivity contribution in [2.75, 3.05) is 18.5 Å². The Hall–Kier alpha value is -1.62. The van der Waals surface area contributed by atoms with Gasteiger partial charge in [-0.1, -0.05) is 25.1 Å². The lowest BCUT2D eigenvalue weighted by atomic mass is 10.3. The van der Waals surface area contributed by atoms with Crippen LogP contribution in [0.25, 0.3) is 0 Å². The summed E-state index contributed by atoms with van der Waals surface area (Å²) in [7, 11) is 0. The number of hydrogen-bond acceptors (Lipinski definition) is 4. The SMILES string of the molecule is CCc1nc(Br)cc(NCCCOc2ccccc2)n1. The number of aromatic nitrogens is 2. The molecule has 0 atom stereocenters. The smallest absolute Gasteiger partial charge is 0.131 e. The second kappa shape index (κ2) is 7.85. The van der Waals surface area contributed by atoms with E-state index in [4.69, 9.17) is 4.74 Å². The van der Waals surface area contributed by atoms with Crippen molar-refractivity contribution >= 4 is 21.7 Å². The van der Waals surface area contributed by atoms with Gasteiger partial charge in [0.05, 0.1) is 6.61 Å². The number of nitrogens with one attached hydrogen (secondary N) is 1. The zero-order valence-electron chi connectivity index (χ0n) is 11.5. The third-order valence-corrected chi connectivity index (χ3v) is 3.10. The van der Waals surface area contributed by atoms with Crippen LogP contribution in [0.5, 0.6) is 5.75 Å². The van der Waals surface area contributed by atoms with Crippen molar-refractivity contribution < 1.29 is 4.74 Å². The third kappa shape index (κ3) is 4.81. The van der Waals surface area contributed by atoms with Crippen molar-refractivity contribution in [1.29, 1.82) is 0 Å². The molecule has 0 fully saturated rings. The first kappa shape index (κ1) is 14.8. The van der Waals surface area contributed by atoms with Gasteiger partial charge in [0, 0.05) is 19.0 Å². The van der Waals surface area contributed by atoms with Gasteiger partial charge in [-0.2, -0.15) is 0 Å². The van der Waals surface area contributed by atoms with Gasteiger partial charge in [0.1, 0.15) is 22.0 Å². The first-order valence-corrected chi connectivity index (χ1v) is 7.52. The van der Waals surface area contributed by atoms with Crippen molar-refractivity contribution in [3.63, 3.8) is 0 Å². The van der Waals surface area contributed by atoms with E-state index < -0.39 is 0 Å². The Morgan fingerprint density at radius 3 is 2.75 bits per heavy atom. The summed E-state index contributed by atoms with van der Waals surface area (Å²) in [5.74, 6) is 2.59. The molecule has 0 unspecified atom stereocenters. The molecule has 5 heteroatoms. The van der Waals surface area contributed by atoms with Gasteiger partial charge in [-0.15, -0.1) is 0 Å². The predicted octanol–water partition coefficient (Wildman–Crippen LogP) is 3.68. The number of anilines is 1. The quantitative estimate of drug-likeness (QED) is 0.619. The zero-order valence-corrected chi connectivity index (χ0v) is 13.1. The maximum Gasteiger partial charge on any atom is 0.131 e. The molecule has 0 amide bonds. The van der Waals surface area contributed by atoms with Gasteiger partial charge in [0.2, 0.25) is 0 Å². The summed E-state index contributed by atoms with van der Waals surface area (Å²) in [6.07, 6.45) is 1.74. The molecular formula is C15H18BrN3O. The number of halogens is 1. The van der Waals surface area contributed by atoms with Crippen molar-refractivity contribution in [3.05, 3.63) is 46.8 Å². The summed E-state index contributed by atoms with van der Waals surface area (Å²) in [4.78, 5) is 8.69. The van der Waals surface area contributed by atoms with Crippen LogP contribution in [-0.4, -0.2) is 23.1 Å². The average Bonchev–Trinajstić information content (AvgIpc) is 2.47. The molecule has 0 saturated carbocycles. The topological polar surface area (TPSA) is 47.0 Å². The number of nitrogens with zero attached hydrogens (tertiary/aromatic N) is 2. The van der Waals surface area contributed by atoms with Gasteiger partial charge in [0.25, 0.3) is 0 Å². The normalized spacial score (nSPS) is 10.3. The van der Waals surface area contributed by atoms with Crippen molar-refractivity contribution in [2.24, 2.45) is 0 Å². The van der Waals surface area contributed by atoms with Crippen LogP contribution >= 0.6 is 15.9 Å². The summed E-state index contributed by atoms with van der Waals surface area (Å²) in [6, 6.07) is 11.7. The van der Waals surface area contributed by atoms with E-state index >= 15 is 0 Å². The molecule has 1 N–H and O–H groups in total. The van der Waals surface area contributed by atoms with Crippen LogP contribution in [0.15, 0.2) is 41.0 Å². The Bertz CT molecular complexity index is 534. The number of aryl methyl sites for hydroxylation is 1. The standard InChI is InChI=1S/C15H18BrN3O/c1-2-14-18-13(16)11-15(19-14)17-9-6-10-20-12-7-4-3-5-8-12/h3-5,7-8,11H,2,6,9-10H2,1H3,(H,17,18,19). The zero-order chi connectivity index (χ0) is 14.2. The summed E-state index contributed by atoms with van der Waals surface area (Å²) >= 11 is 3.39. The number of para-hydroxylation sites is 1. The molecule has 0 bridgehead atoms. The van der Waals surface area contributed by atoms with E-state index in [1.54, 1.807) is 0 Å². The minimum Gasteiger partial charge on any atom is -0.494 e. The highest BCUT2D eigenvalue weighted by atomic mass is 79.9. The second-order valence-electron chi connectivity index (χ2n) is 4.29. The Morgan fingerprint density at radius 1 is 1.20 bits per heavy atom. The van der Waals surface area contributed by atoms with Gasteiger partial charge in [0.15, 0.2) is 0 Å². The minimum absolute atomic E-state index is 0.684. The Morgan fingerprint density at radius 2 is 2.00 bits per heavy atom. The van der Waals surface area contributed by atoms with Crippen LogP contribution in [0.1, 0.15) is 19.2 Å². The fourth-order valence-electron chi connectivity index (χ4n) is 1.71. The molecule has 0 radical (unpaired) electrons. The summed E-state index contributed by atoms with van der Waals surface area (Å²) in [6.45, 7) is 3.54. The summed E-state index contributed by atoms with van der Waals surface area (Å²) < 4.78 is 6.44. The number of benzene rings is 1. The van der Waals surface area contributed by atoms with Crippen LogP contribution in [0.4, 0.5) is 5.82 Å². The monoisotopic (exact) mass is 335 g/mol. The maximum atomic E-state index is 5.63. The third-order valence-electron chi connectivity index (χ3n) is 2.70. The van der Waals surface area contributed by atoms with Gasteiger partial charge < -0.3 is 10.1 Å². The lowest BCUT2D eigenvalue weighted by Crippen LogP contribution is -2.09. The number of rotatable bonds is 7. The van der Waals surface area contributed by atoms with Crippen molar-refractivity contribution in [3.8, 4) is 5.75 Å². The van der Waals surface area contributed by atoms with Crippen LogP contribution in [-0.2, 0) is 6.42 Å². The van der Waals surface area contributed by atoms with Gasteiger partial charge in [-0.3, -0.25) is 0 Å². The molecule has 2 aromatic rings. The minimum atomic E-state index is 0.684. The Labute approximate surface area is 127 Å². The molecular weight excluding hydrogens is 318 g/mol. The molecule has 1 aromatic carbocycles. The molecule has 0 aliphatic heterocycles. The molecule has 0 spiro atoms. The van der Waals surface area contributed by atoms with E-state index in [0.717, 1.165) is 41.4 Å². The van der Waals surface area contributed by atoms with E-state index in [9.17, 15) is 0 Å². The molecule has 0 aliphatic carbocycles. The number of hydrogen-bond donors (Lipinski definition) is 1. The van der Waals surface area contributed by atoms with Gasteiger partial charge in [-0.05, 0) is 34.5 Å². The molecule has 1 aromatic heterocycles. The van der Waals surface area contributed by atoms with Crippen molar-refractivity contribution in [1.82, 2.24) is 9.97 Å². The van der Waals surface area contributed by atoms with Crippen LogP contribution < -0.4 is 10.1 Å². The molecule has 0 aliphatic rings. The van der Waals surface area contributed by atoms with Crippen molar-refractivity contribution in [2.45, 2.75) is 19.8 Å². The van der Waals surface area contributed by atoms with E-state index in [2.05, 4.69) is 31.2 Å². The van der Waals surface area contributed by atoms with E-state index in [-0.39, 0.29) is 0 Å². The Kier molecular flexibility index (Phi) is 5.80.